The highest BCUT2D eigenvalue weighted by molar-refractivity contribution is 6.06. The van der Waals surface area contributed by atoms with Crippen LogP contribution in [0.3, 0.4) is 0 Å². The van der Waals surface area contributed by atoms with Gasteiger partial charge in [-0.15, -0.1) is 0 Å². The molecule has 0 bridgehead atoms. The van der Waals surface area contributed by atoms with Gasteiger partial charge in [0.05, 0.1) is 27.9 Å². The highest BCUT2D eigenvalue weighted by Gasteiger charge is 2.23. The number of anilines is 1. The zero-order valence-corrected chi connectivity index (χ0v) is 20.5. The Bertz CT molecular complexity index is 1420. The second kappa shape index (κ2) is 9.93. The van der Waals surface area contributed by atoms with Gasteiger partial charge in [-0.05, 0) is 61.2 Å². The standard InChI is InChI=1S/C28H28N2O5/c1-17-7-10-22(11-8-17)30(16-21-13-19-9-6-18(2)12-23(19)29-27(21)31)28(32)20-14-24(33-3)26(35-5)25(15-20)34-4/h6-15H,16H2,1-5H3,(H,29,31). The van der Waals surface area contributed by atoms with Gasteiger partial charge in [0.1, 0.15) is 0 Å². The number of pyridine rings is 1. The number of hydrogen-bond donors (Lipinski definition) is 1. The molecule has 0 aliphatic heterocycles. The summed E-state index contributed by atoms with van der Waals surface area (Å²) in [5.74, 6) is 0.835. The largest absolute Gasteiger partial charge is 0.493 e. The van der Waals surface area contributed by atoms with E-state index in [1.807, 2.05) is 62.4 Å². The fraction of sp³-hybridized carbons (Fsp3) is 0.214. The molecule has 1 amide bonds. The van der Waals surface area contributed by atoms with Gasteiger partial charge in [0.25, 0.3) is 11.5 Å². The molecule has 7 heteroatoms. The van der Waals surface area contributed by atoms with Crippen molar-refractivity contribution >= 4 is 22.5 Å². The van der Waals surface area contributed by atoms with Crippen LogP contribution in [0.5, 0.6) is 17.2 Å². The fourth-order valence-corrected chi connectivity index (χ4v) is 4.01. The van der Waals surface area contributed by atoms with E-state index in [0.29, 0.717) is 34.1 Å². The molecule has 1 heterocycles. The molecule has 0 fully saturated rings. The van der Waals surface area contributed by atoms with Crippen molar-refractivity contribution in [3.05, 3.63) is 93.3 Å². The van der Waals surface area contributed by atoms with E-state index in [0.717, 1.165) is 22.0 Å². The van der Waals surface area contributed by atoms with Crippen LogP contribution in [0, 0.1) is 13.8 Å². The third kappa shape index (κ3) is 4.84. The SMILES string of the molecule is COc1cc(C(=O)N(Cc2cc3ccc(C)cc3[nH]c2=O)c2ccc(C)cc2)cc(OC)c1OC. The minimum atomic E-state index is -0.309. The number of methoxy groups -OCH3 is 3. The molecular formula is C28H28N2O5. The predicted octanol–water partition coefficient (Wildman–Crippen LogP) is 5.02. The van der Waals surface area contributed by atoms with Crippen LogP contribution in [-0.4, -0.2) is 32.2 Å². The van der Waals surface area contributed by atoms with Crippen LogP contribution in [-0.2, 0) is 6.54 Å². The average molecular weight is 473 g/mol. The van der Waals surface area contributed by atoms with Gasteiger partial charge < -0.3 is 24.1 Å². The lowest BCUT2D eigenvalue weighted by Crippen LogP contribution is -2.33. The molecule has 35 heavy (non-hydrogen) atoms. The molecule has 1 N–H and O–H groups in total. The summed E-state index contributed by atoms with van der Waals surface area (Å²) in [7, 11) is 4.51. The summed E-state index contributed by atoms with van der Waals surface area (Å²) in [5, 5.41) is 0.897. The summed E-state index contributed by atoms with van der Waals surface area (Å²) in [4.78, 5) is 31.3. The molecule has 1 aromatic heterocycles. The molecule has 4 aromatic rings. The van der Waals surface area contributed by atoms with Crippen LogP contribution in [0.25, 0.3) is 10.9 Å². The van der Waals surface area contributed by atoms with Gasteiger partial charge in [-0.2, -0.15) is 0 Å². The Morgan fingerprint density at radius 2 is 1.46 bits per heavy atom. The minimum Gasteiger partial charge on any atom is -0.493 e. The maximum absolute atomic E-state index is 13.9. The molecule has 0 aliphatic rings. The number of ether oxygens (including phenoxy) is 3. The molecule has 0 radical (unpaired) electrons. The topological polar surface area (TPSA) is 80.9 Å². The van der Waals surface area contributed by atoms with Gasteiger partial charge in [0.2, 0.25) is 5.75 Å². The monoisotopic (exact) mass is 472 g/mol. The highest BCUT2D eigenvalue weighted by atomic mass is 16.5. The highest BCUT2D eigenvalue weighted by Crippen LogP contribution is 2.39. The van der Waals surface area contributed by atoms with E-state index in [4.69, 9.17) is 14.2 Å². The number of amides is 1. The van der Waals surface area contributed by atoms with Crippen LogP contribution < -0.4 is 24.7 Å². The van der Waals surface area contributed by atoms with E-state index in [9.17, 15) is 9.59 Å². The normalized spacial score (nSPS) is 10.8. The number of carbonyl (C=O) groups excluding carboxylic acids is 1. The van der Waals surface area contributed by atoms with E-state index in [2.05, 4.69) is 4.98 Å². The fourth-order valence-electron chi connectivity index (χ4n) is 4.01. The summed E-state index contributed by atoms with van der Waals surface area (Å²) in [6.45, 7) is 4.03. The first-order valence-electron chi connectivity index (χ1n) is 11.2. The van der Waals surface area contributed by atoms with Crippen molar-refractivity contribution in [1.82, 2.24) is 4.98 Å². The molecule has 3 aromatic carbocycles. The van der Waals surface area contributed by atoms with Crippen molar-refractivity contribution in [2.24, 2.45) is 0 Å². The lowest BCUT2D eigenvalue weighted by atomic mass is 10.1. The maximum Gasteiger partial charge on any atom is 0.258 e. The third-order valence-corrected chi connectivity index (χ3v) is 5.91. The zero-order chi connectivity index (χ0) is 25.1. The van der Waals surface area contributed by atoms with E-state index in [1.54, 1.807) is 17.0 Å². The van der Waals surface area contributed by atoms with Gasteiger partial charge in [0, 0.05) is 22.3 Å². The molecular weight excluding hydrogens is 444 g/mol. The second-order valence-corrected chi connectivity index (χ2v) is 8.36. The quantitative estimate of drug-likeness (QED) is 0.409. The molecule has 0 saturated carbocycles. The summed E-state index contributed by atoms with van der Waals surface area (Å²) < 4.78 is 16.3. The number of carbonyl (C=O) groups is 1. The number of aryl methyl sites for hydroxylation is 2. The lowest BCUT2D eigenvalue weighted by Gasteiger charge is -2.24. The first-order valence-corrected chi connectivity index (χ1v) is 11.2. The summed E-state index contributed by atoms with van der Waals surface area (Å²) >= 11 is 0. The molecule has 0 unspecified atom stereocenters. The number of fused-ring (bicyclic) bond motifs is 1. The van der Waals surface area contributed by atoms with Gasteiger partial charge in [-0.25, -0.2) is 0 Å². The molecule has 7 nitrogen and oxygen atoms in total. The first-order chi connectivity index (χ1) is 16.8. The van der Waals surface area contributed by atoms with Gasteiger partial charge in [-0.3, -0.25) is 9.59 Å². The first kappa shape index (κ1) is 23.9. The second-order valence-electron chi connectivity index (χ2n) is 8.36. The Morgan fingerprint density at radius 3 is 2.06 bits per heavy atom. The number of benzene rings is 3. The van der Waals surface area contributed by atoms with Crippen LogP contribution in [0.1, 0.15) is 27.0 Å². The van der Waals surface area contributed by atoms with Crippen LogP contribution in [0.4, 0.5) is 5.69 Å². The number of hydrogen-bond acceptors (Lipinski definition) is 5. The maximum atomic E-state index is 13.9. The molecule has 0 spiro atoms. The Morgan fingerprint density at radius 1 is 0.829 bits per heavy atom. The van der Waals surface area contributed by atoms with E-state index < -0.39 is 0 Å². The van der Waals surface area contributed by atoms with Crippen molar-refractivity contribution in [1.29, 1.82) is 0 Å². The van der Waals surface area contributed by atoms with E-state index >= 15 is 0 Å². The van der Waals surface area contributed by atoms with Crippen molar-refractivity contribution in [3.8, 4) is 17.2 Å². The Hall–Kier alpha value is -4.26. The zero-order valence-electron chi connectivity index (χ0n) is 20.5. The summed E-state index contributed by atoms with van der Waals surface area (Å²) in [6.07, 6.45) is 0. The third-order valence-electron chi connectivity index (χ3n) is 5.91. The number of nitrogens with one attached hydrogen (secondary N) is 1. The van der Waals surface area contributed by atoms with Gasteiger partial charge in [0.15, 0.2) is 11.5 Å². The van der Waals surface area contributed by atoms with E-state index in [-0.39, 0.29) is 18.0 Å². The van der Waals surface area contributed by atoms with Crippen LogP contribution >= 0.6 is 0 Å². The number of nitrogens with zero attached hydrogens (tertiary/aromatic N) is 1. The minimum absolute atomic E-state index is 0.0811. The van der Waals surface area contributed by atoms with Gasteiger partial charge in [-0.1, -0.05) is 29.8 Å². The van der Waals surface area contributed by atoms with E-state index in [1.165, 1.54) is 21.3 Å². The molecule has 0 atom stereocenters. The smallest absolute Gasteiger partial charge is 0.258 e. The summed E-state index contributed by atoms with van der Waals surface area (Å²) in [5.41, 5.74) is 4.12. The van der Waals surface area contributed by atoms with Gasteiger partial charge >= 0.3 is 0 Å². The average Bonchev–Trinajstić information content (AvgIpc) is 2.86. The van der Waals surface area contributed by atoms with Crippen LogP contribution in [0.15, 0.2) is 65.5 Å². The van der Waals surface area contributed by atoms with Crippen LogP contribution in [0.2, 0.25) is 0 Å². The Labute approximate surface area is 203 Å². The number of rotatable bonds is 7. The molecule has 0 aliphatic carbocycles. The Kier molecular flexibility index (Phi) is 6.78. The van der Waals surface area contributed by atoms with Crippen molar-refractivity contribution in [2.45, 2.75) is 20.4 Å². The number of aromatic nitrogens is 1. The van der Waals surface area contributed by atoms with Crippen molar-refractivity contribution in [3.63, 3.8) is 0 Å². The van der Waals surface area contributed by atoms with Crippen molar-refractivity contribution < 1.29 is 19.0 Å². The van der Waals surface area contributed by atoms with Crippen molar-refractivity contribution in [2.75, 3.05) is 26.2 Å². The lowest BCUT2D eigenvalue weighted by molar-refractivity contribution is 0.0984. The predicted molar refractivity (Wildman–Crippen MR) is 137 cm³/mol. The molecule has 180 valence electrons. The molecule has 0 saturated heterocycles. The number of H-pyrrole nitrogens is 1. The summed E-state index contributed by atoms with van der Waals surface area (Å²) in [6, 6.07) is 18.5. The number of aromatic amines is 1. The Balaban J connectivity index is 1.81. The molecule has 4 rings (SSSR count).